The number of aryl methyl sites for hydroxylation is 1. The molecule has 1 aliphatic rings. The average molecular weight is 332 g/mol. The summed E-state index contributed by atoms with van der Waals surface area (Å²) >= 11 is 3.47. The molecule has 3 nitrogen and oxygen atoms in total. The fraction of sp³-hybridized carbons (Fsp3) is 0.375. The van der Waals surface area contributed by atoms with Gasteiger partial charge in [0.1, 0.15) is 0 Å². The Bertz CT molecular complexity index is 608. The first kappa shape index (κ1) is 13.7. The Morgan fingerprint density at radius 1 is 1.20 bits per heavy atom. The highest BCUT2D eigenvalue weighted by Crippen LogP contribution is 2.23. The van der Waals surface area contributed by atoms with Gasteiger partial charge in [0, 0.05) is 22.3 Å². The lowest BCUT2D eigenvalue weighted by Crippen LogP contribution is -2.26. The summed E-state index contributed by atoms with van der Waals surface area (Å²) in [5.74, 6) is 0.850. The monoisotopic (exact) mass is 331 g/mol. The van der Waals surface area contributed by atoms with Gasteiger partial charge in [-0.2, -0.15) is 0 Å². The average Bonchev–Trinajstić information content (AvgIpc) is 2.48. The predicted molar refractivity (Wildman–Crippen MR) is 84.6 cm³/mol. The van der Waals surface area contributed by atoms with Crippen LogP contribution in [0.1, 0.15) is 30.3 Å². The molecule has 1 aromatic carbocycles. The van der Waals surface area contributed by atoms with E-state index in [2.05, 4.69) is 40.3 Å². The second-order valence-corrected chi connectivity index (χ2v) is 6.02. The lowest BCUT2D eigenvalue weighted by molar-refractivity contribution is 0.614. The van der Waals surface area contributed by atoms with Crippen molar-refractivity contribution in [2.45, 2.75) is 32.7 Å². The zero-order valence-electron chi connectivity index (χ0n) is 11.6. The van der Waals surface area contributed by atoms with Crippen LogP contribution in [-0.4, -0.2) is 16.5 Å². The minimum absolute atomic E-state index is 0.850. The summed E-state index contributed by atoms with van der Waals surface area (Å²) in [6.07, 6.45) is 3.20. The highest BCUT2D eigenvalue weighted by atomic mass is 79.9. The number of hydrogen-bond acceptors (Lipinski definition) is 3. The molecule has 4 heteroatoms. The van der Waals surface area contributed by atoms with Crippen molar-refractivity contribution in [1.29, 1.82) is 0 Å². The molecule has 0 bridgehead atoms. The van der Waals surface area contributed by atoms with Gasteiger partial charge in [0.25, 0.3) is 0 Å². The maximum atomic E-state index is 4.82. The van der Waals surface area contributed by atoms with Gasteiger partial charge in [-0.05, 0) is 37.1 Å². The summed E-state index contributed by atoms with van der Waals surface area (Å²) in [5, 5.41) is 3.40. The molecule has 0 amide bonds. The van der Waals surface area contributed by atoms with Crippen LogP contribution >= 0.6 is 15.9 Å². The molecule has 0 spiro atoms. The van der Waals surface area contributed by atoms with Gasteiger partial charge < -0.3 is 5.32 Å². The first-order chi connectivity index (χ1) is 9.78. The number of rotatable bonds is 3. The molecule has 0 unspecified atom stereocenters. The summed E-state index contributed by atoms with van der Waals surface area (Å²) < 4.78 is 1.08. The van der Waals surface area contributed by atoms with Gasteiger partial charge in [0.05, 0.1) is 5.69 Å². The Morgan fingerprint density at radius 2 is 2.00 bits per heavy atom. The van der Waals surface area contributed by atoms with E-state index in [1.807, 2.05) is 12.1 Å². The molecule has 0 fully saturated rings. The third kappa shape index (κ3) is 2.76. The molecule has 0 saturated carbocycles. The first-order valence-corrected chi connectivity index (χ1v) is 7.92. The van der Waals surface area contributed by atoms with Gasteiger partial charge in [0.15, 0.2) is 5.82 Å². The fourth-order valence-corrected chi connectivity index (χ4v) is 2.87. The van der Waals surface area contributed by atoms with Crippen LogP contribution in [0.3, 0.4) is 0 Å². The number of fused-ring (bicyclic) bond motifs is 1. The standard InChI is InChI=1S/C16H18BrN3/c1-2-3-14-13-8-9-18-10-15(13)20-16(19-14)11-4-6-12(17)7-5-11/h4-7,18H,2-3,8-10H2,1H3. The Balaban J connectivity index is 2.07. The Kier molecular flexibility index (Phi) is 4.13. The van der Waals surface area contributed by atoms with Crippen molar-refractivity contribution in [1.82, 2.24) is 15.3 Å². The molecule has 0 aliphatic carbocycles. The van der Waals surface area contributed by atoms with Gasteiger partial charge in [-0.15, -0.1) is 0 Å². The van der Waals surface area contributed by atoms with E-state index in [4.69, 9.17) is 9.97 Å². The zero-order chi connectivity index (χ0) is 13.9. The second-order valence-electron chi connectivity index (χ2n) is 5.10. The lowest BCUT2D eigenvalue weighted by Gasteiger charge is -2.20. The smallest absolute Gasteiger partial charge is 0.159 e. The van der Waals surface area contributed by atoms with E-state index < -0.39 is 0 Å². The van der Waals surface area contributed by atoms with Crippen LogP contribution < -0.4 is 5.32 Å². The summed E-state index contributed by atoms with van der Waals surface area (Å²) in [7, 11) is 0. The molecule has 1 aliphatic heterocycles. The van der Waals surface area contributed by atoms with E-state index in [1.54, 1.807) is 0 Å². The summed E-state index contributed by atoms with van der Waals surface area (Å²) in [5.41, 5.74) is 4.86. The van der Waals surface area contributed by atoms with Crippen molar-refractivity contribution < 1.29 is 0 Å². The van der Waals surface area contributed by atoms with Crippen molar-refractivity contribution in [2.24, 2.45) is 0 Å². The van der Waals surface area contributed by atoms with E-state index in [9.17, 15) is 0 Å². The van der Waals surface area contributed by atoms with Gasteiger partial charge in [-0.25, -0.2) is 9.97 Å². The Hall–Kier alpha value is -1.26. The van der Waals surface area contributed by atoms with E-state index in [1.165, 1.54) is 17.0 Å². The first-order valence-electron chi connectivity index (χ1n) is 7.13. The quantitative estimate of drug-likeness (QED) is 0.935. The number of hydrogen-bond donors (Lipinski definition) is 1. The van der Waals surface area contributed by atoms with Crippen molar-refractivity contribution in [2.75, 3.05) is 6.54 Å². The van der Waals surface area contributed by atoms with Crippen LogP contribution in [0, 0.1) is 0 Å². The van der Waals surface area contributed by atoms with Crippen molar-refractivity contribution in [3.05, 3.63) is 45.7 Å². The number of halogens is 1. The molecule has 1 N–H and O–H groups in total. The van der Waals surface area contributed by atoms with Gasteiger partial charge in [0.2, 0.25) is 0 Å². The van der Waals surface area contributed by atoms with Gasteiger partial charge in [-0.1, -0.05) is 41.4 Å². The molecule has 0 saturated heterocycles. The van der Waals surface area contributed by atoms with Gasteiger partial charge >= 0.3 is 0 Å². The van der Waals surface area contributed by atoms with Crippen LogP contribution in [0.15, 0.2) is 28.7 Å². The van der Waals surface area contributed by atoms with Crippen molar-refractivity contribution in [3.63, 3.8) is 0 Å². The highest BCUT2D eigenvalue weighted by Gasteiger charge is 2.17. The third-order valence-corrected chi connectivity index (χ3v) is 4.14. The molecule has 0 atom stereocenters. The maximum Gasteiger partial charge on any atom is 0.159 e. The molecule has 104 valence electrons. The number of nitrogens with one attached hydrogen (secondary N) is 1. The molecule has 3 rings (SSSR count). The minimum atomic E-state index is 0.850. The van der Waals surface area contributed by atoms with E-state index in [0.29, 0.717) is 0 Å². The van der Waals surface area contributed by atoms with Crippen LogP contribution in [0.5, 0.6) is 0 Å². The third-order valence-electron chi connectivity index (χ3n) is 3.61. The molecule has 1 aromatic heterocycles. The van der Waals surface area contributed by atoms with Gasteiger partial charge in [-0.3, -0.25) is 0 Å². The highest BCUT2D eigenvalue weighted by molar-refractivity contribution is 9.10. The van der Waals surface area contributed by atoms with Crippen molar-refractivity contribution >= 4 is 15.9 Å². The molecule has 0 radical (unpaired) electrons. The largest absolute Gasteiger partial charge is 0.311 e. The molecule has 2 heterocycles. The second kappa shape index (κ2) is 6.02. The minimum Gasteiger partial charge on any atom is -0.311 e. The van der Waals surface area contributed by atoms with Crippen LogP contribution in [-0.2, 0) is 19.4 Å². The van der Waals surface area contributed by atoms with E-state index in [0.717, 1.165) is 48.2 Å². The lowest BCUT2D eigenvalue weighted by atomic mass is 10.0. The topological polar surface area (TPSA) is 37.8 Å². The van der Waals surface area contributed by atoms with Crippen LogP contribution in [0.25, 0.3) is 11.4 Å². The molecular weight excluding hydrogens is 314 g/mol. The Morgan fingerprint density at radius 3 is 2.75 bits per heavy atom. The molecular formula is C16H18BrN3. The summed E-state index contributed by atoms with van der Waals surface area (Å²) in [4.78, 5) is 9.59. The number of benzene rings is 1. The van der Waals surface area contributed by atoms with Crippen molar-refractivity contribution in [3.8, 4) is 11.4 Å². The SMILES string of the molecule is CCCc1nc(-c2ccc(Br)cc2)nc2c1CCNC2. The van der Waals surface area contributed by atoms with E-state index in [-0.39, 0.29) is 0 Å². The zero-order valence-corrected chi connectivity index (χ0v) is 13.2. The fourth-order valence-electron chi connectivity index (χ4n) is 2.61. The predicted octanol–water partition coefficient (Wildman–Crippen LogP) is 3.50. The number of aromatic nitrogens is 2. The summed E-state index contributed by atoms with van der Waals surface area (Å²) in [6, 6.07) is 8.21. The Labute approximate surface area is 128 Å². The maximum absolute atomic E-state index is 4.82. The van der Waals surface area contributed by atoms with Crippen LogP contribution in [0.2, 0.25) is 0 Å². The number of nitrogens with zero attached hydrogens (tertiary/aromatic N) is 2. The van der Waals surface area contributed by atoms with E-state index >= 15 is 0 Å². The summed E-state index contributed by atoms with van der Waals surface area (Å²) in [6.45, 7) is 4.09. The normalized spacial score (nSPS) is 14.1. The molecule has 2 aromatic rings. The van der Waals surface area contributed by atoms with Crippen LogP contribution in [0.4, 0.5) is 0 Å². The molecule has 20 heavy (non-hydrogen) atoms.